The number of hydrogen-bond donors (Lipinski definition) is 1. The molecule has 0 spiro atoms. The van der Waals surface area contributed by atoms with E-state index in [2.05, 4.69) is 11.8 Å². The molecule has 1 aromatic rings. The van der Waals surface area contributed by atoms with Crippen LogP contribution < -0.4 is 10.5 Å². The quantitative estimate of drug-likeness (QED) is 0.908. The Labute approximate surface area is 132 Å². The molecule has 0 aromatic heterocycles. The summed E-state index contributed by atoms with van der Waals surface area (Å²) in [6, 6.07) is 5.78. The van der Waals surface area contributed by atoms with Crippen molar-refractivity contribution in [3.63, 3.8) is 0 Å². The monoisotopic (exact) mass is 312 g/mol. The summed E-state index contributed by atoms with van der Waals surface area (Å²) in [4.78, 5) is 2.36. The summed E-state index contributed by atoms with van der Waals surface area (Å²) in [5.41, 5.74) is 7.03. The largest absolute Gasteiger partial charge is 0.496 e. The maximum atomic E-state index is 6.41. The molecule has 5 heteroatoms. The SMILES string of the molecule is COc1cccc(Cl)c1C(CN)N1CCC(C)C(OC)C1. The summed E-state index contributed by atoms with van der Waals surface area (Å²) in [6.45, 7) is 4.61. The molecule has 0 saturated carbocycles. The fourth-order valence-corrected chi connectivity index (χ4v) is 3.41. The number of ether oxygens (including phenoxy) is 2. The molecule has 3 unspecified atom stereocenters. The van der Waals surface area contributed by atoms with Gasteiger partial charge in [-0.2, -0.15) is 0 Å². The average Bonchev–Trinajstić information content (AvgIpc) is 2.50. The van der Waals surface area contributed by atoms with E-state index in [1.54, 1.807) is 14.2 Å². The lowest BCUT2D eigenvalue weighted by molar-refractivity contribution is -0.0185. The van der Waals surface area contributed by atoms with Crippen molar-refractivity contribution in [3.8, 4) is 5.75 Å². The van der Waals surface area contributed by atoms with E-state index in [-0.39, 0.29) is 12.1 Å². The first-order valence-electron chi connectivity index (χ1n) is 7.41. The molecule has 2 rings (SSSR count). The second kappa shape index (κ2) is 7.45. The Morgan fingerprint density at radius 1 is 1.43 bits per heavy atom. The van der Waals surface area contributed by atoms with E-state index in [0.717, 1.165) is 30.8 Å². The van der Waals surface area contributed by atoms with Crippen LogP contribution in [0.2, 0.25) is 5.02 Å². The highest BCUT2D eigenvalue weighted by Gasteiger charge is 2.32. The fraction of sp³-hybridized carbons (Fsp3) is 0.625. The van der Waals surface area contributed by atoms with Crippen molar-refractivity contribution in [2.24, 2.45) is 11.7 Å². The van der Waals surface area contributed by atoms with Crippen LogP contribution in [0.1, 0.15) is 24.9 Å². The molecule has 4 nitrogen and oxygen atoms in total. The third-order valence-electron chi connectivity index (χ3n) is 4.45. The molecule has 1 aromatic carbocycles. The van der Waals surface area contributed by atoms with Crippen molar-refractivity contribution in [1.82, 2.24) is 4.90 Å². The van der Waals surface area contributed by atoms with Crippen LogP contribution in [0.25, 0.3) is 0 Å². The van der Waals surface area contributed by atoms with Gasteiger partial charge >= 0.3 is 0 Å². The molecular weight excluding hydrogens is 288 g/mol. The minimum atomic E-state index is 0.0544. The van der Waals surface area contributed by atoms with E-state index < -0.39 is 0 Å². The van der Waals surface area contributed by atoms with E-state index in [9.17, 15) is 0 Å². The molecule has 3 atom stereocenters. The molecular formula is C16H25ClN2O2. The molecule has 0 radical (unpaired) electrons. The highest BCUT2D eigenvalue weighted by atomic mass is 35.5. The fourth-order valence-electron chi connectivity index (χ4n) is 3.12. The van der Waals surface area contributed by atoms with E-state index in [4.69, 9.17) is 26.8 Å². The van der Waals surface area contributed by atoms with Crippen LogP contribution >= 0.6 is 11.6 Å². The summed E-state index contributed by atoms with van der Waals surface area (Å²) in [6.07, 6.45) is 1.34. The van der Waals surface area contributed by atoms with Gasteiger partial charge in [0.15, 0.2) is 0 Å². The Morgan fingerprint density at radius 3 is 2.81 bits per heavy atom. The average molecular weight is 313 g/mol. The Kier molecular flexibility index (Phi) is 5.88. The Morgan fingerprint density at radius 2 is 2.19 bits per heavy atom. The molecule has 1 fully saturated rings. The van der Waals surface area contributed by atoms with Gasteiger partial charge in [0.05, 0.1) is 19.3 Å². The molecule has 0 amide bonds. The first-order chi connectivity index (χ1) is 10.1. The van der Waals surface area contributed by atoms with Crippen LogP contribution in [0.4, 0.5) is 0 Å². The number of nitrogens with two attached hydrogens (primary N) is 1. The molecule has 1 saturated heterocycles. The van der Waals surface area contributed by atoms with Crippen molar-refractivity contribution in [2.75, 3.05) is 33.9 Å². The number of rotatable bonds is 5. The number of hydrogen-bond acceptors (Lipinski definition) is 4. The third kappa shape index (κ3) is 3.51. The molecule has 1 heterocycles. The van der Waals surface area contributed by atoms with Crippen LogP contribution in [0.5, 0.6) is 5.75 Å². The molecule has 1 aliphatic heterocycles. The second-order valence-electron chi connectivity index (χ2n) is 5.64. The number of halogens is 1. The summed E-state index contributed by atoms with van der Waals surface area (Å²) in [7, 11) is 3.44. The van der Waals surface area contributed by atoms with Gasteiger partial charge < -0.3 is 15.2 Å². The standard InChI is InChI=1S/C16H25ClN2O2/c1-11-7-8-19(10-15(11)21-3)13(9-18)16-12(17)5-4-6-14(16)20-2/h4-6,11,13,15H,7-10,18H2,1-3H3. The van der Waals surface area contributed by atoms with E-state index in [1.165, 1.54) is 0 Å². The number of nitrogens with zero attached hydrogens (tertiary/aromatic N) is 1. The van der Waals surface area contributed by atoms with Crippen molar-refractivity contribution in [3.05, 3.63) is 28.8 Å². The number of methoxy groups -OCH3 is 2. The summed E-state index contributed by atoms with van der Waals surface area (Å²) >= 11 is 6.41. The second-order valence-corrected chi connectivity index (χ2v) is 6.05. The first-order valence-corrected chi connectivity index (χ1v) is 7.79. The zero-order valence-electron chi connectivity index (χ0n) is 13.0. The van der Waals surface area contributed by atoms with Crippen LogP contribution in [-0.4, -0.2) is 44.9 Å². The third-order valence-corrected chi connectivity index (χ3v) is 4.78. The summed E-state index contributed by atoms with van der Waals surface area (Å²) in [5, 5.41) is 0.706. The lowest BCUT2D eigenvalue weighted by Gasteiger charge is -2.41. The van der Waals surface area contributed by atoms with Crippen molar-refractivity contribution < 1.29 is 9.47 Å². The highest BCUT2D eigenvalue weighted by molar-refractivity contribution is 6.31. The first kappa shape index (κ1) is 16.6. The van der Waals surface area contributed by atoms with Gasteiger partial charge in [0.25, 0.3) is 0 Å². The van der Waals surface area contributed by atoms with E-state index >= 15 is 0 Å². The van der Waals surface area contributed by atoms with Gasteiger partial charge in [-0.25, -0.2) is 0 Å². The number of benzene rings is 1. The van der Waals surface area contributed by atoms with Crippen LogP contribution in [0, 0.1) is 5.92 Å². The van der Waals surface area contributed by atoms with E-state index in [1.807, 2.05) is 18.2 Å². The normalized spacial score (nSPS) is 24.8. The molecule has 0 aliphatic carbocycles. The van der Waals surface area contributed by atoms with Crippen LogP contribution in [-0.2, 0) is 4.74 Å². The minimum Gasteiger partial charge on any atom is -0.496 e. The number of likely N-dealkylation sites (tertiary alicyclic amines) is 1. The van der Waals surface area contributed by atoms with Gasteiger partial charge in [-0.3, -0.25) is 4.90 Å². The van der Waals surface area contributed by atoms with Crippen LogP contribution in [0.3, 0.4) is 0 Å². The maximum Gasteiger partial charge on any atom is 0.125 e. The smallest absolute Gasteiger partial charge is 0.125 e. The maximum absolute atomic E-state index is 6.41. The van der Waals surface area contributed by atoms with E-state index in [0.29, 0.717) is 17.5 Å². The van der Waals surface area contributed by atoms with Gasteiger partial charge in [0, 0.05) is 30.8 Å². The van der Waals surface area contributed by atoms with Gasteiger partial charge in [-0.15, -0.1) is 0 Å². The zero-order valence-corrected chi connectivity index (χ0v) is 13.8. The lowest BCUT2D eigenvalue weighted by atomic mass is 9.93. The molecule has 1 aliphatic rings. The topological polar surface area (TPSA) is 47.7 Å². The van der Waals surface area contributed by atoms with Gasteiger partial charge in [-0.05, 0) is 31.0 Å². The van der Waals surface area contributed by atoms with Crippen molar-refractivity contribution in [1.29, 1.82) is 0 Å². The minimum absolute atomic E-state index is 0.0544. The Hall–Kier alpha value is -0.810. The summed E-state index contributed by atoms with van der Waals surface area (Å²) in [5.74, 6) is 1.36. The van der Waals surface area contributed by atoms with Gasteiger partial charge in [0.1, 0.15) is 5.75 Å². The van der Waals surface area contributed by atoms with Crippen molar-refractivity contribution >= 4 is 11.6 Å². The van der Waals surface area contributed by atoms with Gasteiger partial charge in [-0.1, -0.05) is 24.6 Å². The molecule has 118 valence electrons. The lowest BCUT2D eigenvalue weighted by Crippen LogP contribution is -2.47. The molecule has 0 bridgehead atoms. The Bertz CT molecular complexity index is 470. The Balaban J connectivity index is 2.28. The van der Waals surface area contributed by atoms with Crippen molar-refractivity contribution in [2.45, 2.75) is 25.5 Å². The predicted octanol–water partition coefficient (Wildman–Crippen LogP) is 2.71. The molecule has 2 N–H and O–H groups in total. The highest BCUT2D eigenvalue weighted by Crippen LogP contribution is 2.36. The zero-order chi connectivity index (χ0) is 15.4. The van der Waals surface area contributed by atoms with Gasteiger partial charge in [0.2, 0.25) is 0 Å². The summed E-state index contributed by atoms with van der Waals surface area (Å²) < 4.78 is 11.1. The number of piperidine rings is 1. The van der Waals surface area contributed by atoms with Crippen LogP contribution in [0.15, 0.2) is 18.2 Å². The molecule has 21 heavy (non-hydrogen) atoms. The predicted molar refractivity (Wildman–Crippen MR) is 86.0 cm³/mol.